The van der Waals surface area contributed by atoms with Crippen LogP contribution >= 0.6 is 0 Å². The molecular formula is C13H18N8. The van der Waals surface area contributed by atoms with E-state index in [4.69, 9.17) is 5.84 Å². The van der Waals surface area contributed by atoms with Gasteiger partial charge >= 0.3 is 0 Å². The van der Waals surface area contributed by atoms with E-state index in [2.05, 4.69) is 30.7 Å². The van der Waals surface area contributed by atoms with E-state index in [-0.39, 0.29) is 0 Å². The van der Waals surface area contributed by atoms with E-state index in [9.17, 15) is 0 Å². The SMILES string of the molecule is NNc1nc(NC(C2CC2)C2CC2)nc(-n2ccnc2)n1. The molecule has 4 rings (SSSR count). The smallest absolute Gasteiger partial charge is 0.243 e. The van der Waals surface area contributed by atoms with Crippen LogP contribution in [0.1, 0.15) is 25.7 Å². The van der Waals surface area contributed by atoms with Gasteiger partial charge in [-0.1, -0.05) is 0 Å². The molecule has 0 atom stereocenters. The molecule has 0 aliphatic heterocycles. The minimum atomic E-state index is 0.349. The number of nitrogens with one attached hydrogen (secondary N) is 2. The van der Waals surface area contributed by atoms with Crippen molar-refractivity contribution in [1.82, 2.24) is 24.5 Å². The minimum absolute atomic E-state index is 0.349. The van der Waals surface area contributed by atoms with Crippen molar-refractivity contribution in [2.24, 2.45) is 17.7 Å². The molecule has 0 spiro atoms. The van der Waals surface area contributed by atoms with E-state index in [0.717, 1.165) is 11.8 Å². The summed E-state index contributed by atoms with van der Waals surface area (Å²) in [4.78, 5) is 17.1. The molecule has 2 saturated carbocycles. The van der Waals surface area contributed by atoms with Crippen LogP contribution in [0.2, 0.25) is 0 Å². The Morgan fingerprint density at radius 3 is 2.38 bits per heavy atom. The van der Waals surface area contributed by atoms with Crippen molar-refractivity contribution < 1.29 is 0 Å². The minimum Gasteiger partial charge on any atom is -0.351 e. The molecule has 0 aromatic carbocycles. The van der Waals surface area contributed by atoms with Gasteiger partial charge in [-0.05, 0) is 37.5 Å². The number of rotatable bonds is 6. The standard InChI is InChI=1S/C13H18N8/c14-20-12-17-11(16-10(8-1-2-8)9-3-4-9)18-13(19-12)21-6-5-15-7-21/h5-10H,1-4,14H2,(H2,16,17,18,19,20). The second-order valence-electron chi connectivity index (χ2n) is 5.74. The third-order valence-corrected chi connectivity index (χ3v) is 4.04. The molecule has 2 aliphatic rings. The van der Waals surface area contributed by atoms with E-state index in [1.165, 1.54) is 25.7 Å². The molecule has 4 N–H and O–H groups in total. The van der Waals surface area contributed by atoms with Crippen molar-refractivity contribution in [3.05, 3.63) is 18.7 Å². The van der Waals surface area contributed by atoms with Gasteiger partial charge in [0.05, 0.1) is 0 Å². The van der Waals surface area contributed by atoms with Crippen molar-refractivity contribution in [1.29, 1.82) is 0 Å². The summed E-state index contributed by atoms with van der Waals surface area (Å²) in [6.07, 6.45) is 10.3. The second kappa shape index (κ2) is 4.96. The summed E-state index contributed by atoms with van der Waals surface area (Å²) in [5.41, 5.74) is 2.50. The van der Waals surface area contributed by atoms with E-state index in [0.29, 0.717) is 23.9 Å². The van der Waals surface area contributed by atoms with Gasteiger partial charge in [-0.3, -0.25) is 9.99 Å². The zero-order valence-corrected chi connectivity index (χ0v) is 11.6. The first-order valence-corrected chi connectivity index (χ1v) is 7.31. The average molecular weight is 286 g/mol. The van der Waals surface area contributed by atoms with Crippen LogP contribution in [0.5, 0.6) is 0 Å². The highest BCUT2D eigenvalue weighted by Crippen LogP contribution is 2.45. The Labute approximate surface area is 122 Å². The van der Waals surface area contributed by atoms with Crippen LogP contribution in [0.15, 0.2) is 18.7 Å². The molecule has 2 aromatic rings. The normalized spacial score (nSPS) is 18.0. The van der Waals surface area contributed by atoms with Gasteiger partial charge in [-0.15, -0.1) is 0 Å². The highest BCUT2D eigenvalue weighted by Gasteiger charge is 2.41. The lowest BCUT2D eigenvalue weighted by Crippen LogP contribution is -2.26. The van der Waals surface area contributed by atoms with Crippen LogP contribution in [-0.2, 0) is 0 Å². The predicted molar refractivity (Wildman–Crippen MR) is 77.6 cm³/mol. The van der Waals surface area contributed by atoms with Gasteiger partial charge in [-0.25, -0.2) is 10.8 Å². The van der Waals surface area contributed by atoms with Gasteiger partial charge in [0.25, 0.3) is 0 Å². The van der Waals surface area contributed by atoms with Gasteiger partial charge in [0.15, 0.2) is 0 Å². The molecule has 2 heterocycles. The molecule has 110 valence electrons. The number of nitrogens with two attached hydrogens (primary N) is 1. The van der Waals surface area contributed by atoms with Gasteiger partial charge in [-0.2, -0.15) is 15.0 Å². The first kappa shape index (κ1) is 12.5. The third-order valence-electron chi connectivity index (χ3n) is 4.04. The molecule has 0 radical (unpaired) electrons. The van der Waals surface area contributed by atoms with Crippen LogP contribution in [-0.4, -0.2) is 30.5 Å². The Balaban J connectivity index is 1.62. The van der Waals surface area contributed by atoms with E-state index >= 15 is 0 Å². The maximum atomic E-state index is 5.46. The monoisotopic (exact) mass is 286 g/mol. The molecular weight excluding hydrogens is 268 g/mol. The van der Waals surface area contributed by atoms with Crippen LogP contribution in [0.3, 0.4) is 0 Å². The first-order chi connectivity index (χ1) is 10.3. The molecule has 0 unspecified atom stereocenters. The maximum Gasteiger partial charge on any atom is 0.243 e. The van der Waals surface area contributed by atoms with Crippen molar-refractivity contribution in [2.45, 2.75) is 31.7 Å². The largest absolute Gasteiger partial charge is 0.351 e. The Morgan fingerprint density at radius 2 is 1.81 bits per heavy atom. The fourth-order valence-corrected chi connectivity index (χ4v) is 2.67. The number of nitrogens with zero attached hydrogens (tertiary/aromatic N) is 5. The maximum absolute atomic E-state index is 5.46. The Kier molecular flexibility index (Phi) is 2.95. The highest BCUT2D eigenvalue weighted by atomic mass is 15.4. The van der Waals surface area contributed by atoms with Gasteiger partial charge in [0.1, 0.15) is 6.33 Å². The molecule has 8 nitrogen and oxygen atoms in total. The van der Waals surface area contributed by atoms with Crippen LogP contribution in [0, 0.1) is 11.8 Å². The molecule has 21 heavy (non-hydrogen) atoms. The number of hydrogen-bond acceptors (Lipinski definition) is 7. The van der Waals surface area contributed by atoms with Crippen molar-refractivity contribution in [3.63, 3.8) is 0 Å². The fourth-order valence-electron chi connectivity index (χ4n) is 2.67. The van der Waals surface area contributed by atoms with Crippen molar-refractivity contribution in [2.75, 3.05) is 10.7 Å². The summed E-state index contributed by atoms with van der Waals surface area (Å²) < 4.78 is 1.73. The predicted octanol–water partition coefficient (Wildman–Crippen LogP) is 0.943. The zero-order valence-electron chi connectivity index (χ0n) is 11.6. The highest BCUT2D eigenvalue weighted by molar-refractivity contribution is 5.38. The summed E-state index contributed by atoms with van der Waals surface area (Å²) in [6, 6.07) is 0.480. The number of aromatic nitrogens is 5. The summed E-state index contributed by atoms with van der Waals surface area (Å²) in [5, 5.41) is 3.49. The van der Waals surface area contributed by atoms with E-state index in [1.54, 1.807) is 23.3 Å². The summed E-state index contributed by atoms with van der Waals surface area (Å²) in [6.45, 7) is 0. The van der Waals surface area contributed by atoms with E-state index in [1.807, 2.05) is 0 Å². The lowest BCUT2D eigenvalue weighted by atomic mass is 10.1. The summed E-state index contributed by atoms with van der Waals surface area (Å²) >= 11 is 0. The lowest BCUT2D eigenvalue weighted by molar-refractivity contribution is 0.562. The number of nitrogen functional groups attached to an aromatic ring is 1. The fraction of sp³-hybridized carbons (Fsp3) is 0.538. The van der Waals surface area contributed by atoms with Gasteiger partial charge in [0, 0.05) is 18.4 Å². The number of imidazole rings is 1. The lowest BCUT2D eigenvalue weighted by Gasteiger charge is -2.18. The quantitative estimate of drug-likeness (QED) is 0.536. The third kappa shape index (κ3) is 2.66. The second-order valence-corrected chi connectivity index (χ2v) is 5.74. The zero-order chi connectivity index (χ0) is 14.2. The molecule has 2 aromatic heterocycles. The average Bonchev–Trinajstić information content (AvgIpc) is 3.44. The number of hydrogen-bond donors (Lipinski definition) is 3. The molecule has 2 fully saturated rings. The number of hydrazine groups is 1. The molecule has 2 aliphatic carbocycles. The molecule has 0 bridgehead atoms. The summed E-state index contributed by atoms with van der Waals surface area (Å²) in [5.74, 6) is 8.42. The van der Waals surface area contributed by atoms with Gasteiger partial charge < -0.3 is 5.32 Å². The topological polar surface area (TPSA) is 107 Å². The summed E-state index contributed by atoms with van der Waals surface area (Å²) in [7, 11) is 0. The van der Waals surface area contributed by atoms with Crippen LogP contribution in [0.4, 0.5) is 11.9 Å². The Morgan fingerprint density at radius 1 is 1.10 bits per heavy atom. The molecule has 0 amide bonds. The van der Waals surface area contributed by atoms with Crippen molar-refractivity contribution >= 4 is 11.9 Å². The van der Waals surface area contributed by atoms with Crippen LogP contribution in [0.25, 0.3) is 5.95 Å². The van der Waals surface area contributed by atoms with E-state index < -0.39 is 0 Å². The molecule has 0 saturated heterocycles. The van der Waals surface area contributed by atoms with Crippen molar-refractivity contribution in [3.8, 4) is 5.95 Å². The first-order valence-electron chi connectivity index (χ1n) is 7.31. The Bertz CT molecular complexity index is 605. The Hall–Kier alpha value is -2.22. The molecule has 8 heteroatoms. The van der Waals surface area contributed by atoms with Crippen LogP contribution < -0.4 is 16.6 Å². The number of anilines is 2. The van der Waals surface area contributed by atoms with Gasteiger partial charge in [0.2, 0.25) is 17.8 Å².